The predicted molar refractivity (Wildman–Crippen MR) is 87.7 cm³/mol. The first-order chi connectivity index (χ1) is 11.5. The average Bonchev–Trinajstić information content (AvgIpc) is 2.88. The molecule has 1 aromatic heterocycles. The van der Waals surface area contributed by atoms with Gasteiger partial charge in [-0.1, -0.05) is 12.1 Å². The molecule has 0 unspecified atom stereocenters. The monoisotopic (exact) mass is 329 g/mol. The normalized spacial score (nSPS) is 11.0. The highest BCUT2D eigenvalue weighted by atomic mass is 19.1. The molecule has 0 radical (unpaired) electrons. The second kappa shape index (κ2) is 6.83. The standard InChI is InChI=1S/C19H17F2NO2/c1-12-2-3-17-14(11-24-18(17)6-12)9-19(23)22-5-4-13-7-15(20)10-16(21)8-13/h2-3,6-8,10-11H,4-5,9H2,1H3,(H,22,23). The summed E-state index contributed by atoms with van der Waals surface area (Å²) in [4.78, 5) is 12.0. The lowest BCUT2D eigenvalue weighted by molar-refractivity contribution is -0.120. The molecular formula is C19H17F2NO2. The predicted octanol–water partition coefficient (Wildman–Crippen LogP) is 3.92. The molecule has 124 valence electrons. The number of hydrogen-bond donors (Lipinski definition) is 1. The van der Waals surface area contributed by atoms with E-state index in [1.54, 1.807) is 6.26 Å². The molecule has 0 spiro atoms. The van der Waals surface area contributed by atoms with E-state index in [1.165, 1.54) is 12.1 Å². The van der Waals surface area contributed by atoms with Gasteiger partial charge in [0.1, 0.15) is 17.2 Å². The second-order valence-electron chi connectivity index (χ2n) is 5.81. The molecule has 24 heavy (non-hydrogen) atoms. The Labute approximate surface area is 138 Å². The van der Waals surface area contributed by atoms with Crippen LogP contribution in [-0.2, 0) is 17.6 Å². The van der Waals surface area contributed by atoms with Crippen molar-refractivity contribution >= 4 is 16.9 Å². The van der Waals surface area contributed by atoms with Gasteiger partial charge in [0.05, 0.1) is 12.7 Å². The molecule has 0 saturated heterocycles. The smallest absolute Gasteiger partial charge is 0.224 e. The summed E-state index contributed by atoms with van der Waals surface area (Å²) in [5, 5.41) is 3.68. The zero-order valence-electron chi connectivity index (χ0n) is 13.2. The SMILES string of the molecule is Cc1ccc2c(CC(=O)NCCc3cc(F)cc(F)c3)coc2c1. The number of hydrogen-bond acceptors (Lipinski definition) is 2. The molecule has 3 rings (SSSR count). The summed E-state index contributed by atoms with van der Waals surface area (Å²) in [5.74, 6) is -1.39. The number of aryl methyl sites for hydroxylation is 1. The minimum atomic E-state index is -0.614. The Morgan fingerprint density at radius 2 is 1.88 bits per heavy atom. The fourth-order valence-corrected chi connectivity index (χ4v) is 2.66. The number of nitrogens with one attached hydrogen (secondary N) is 1. The van der Waals surface area contributed by atoms with Gasteiger partial charge in [-0.3, -0.25) is 4.79 Å². The van der Waals surface area contributed by atoms with E-state index in [0.717, 1.165) is 28.2 Å². The molecule has 0 saturated carbocycles. The van der Waals surface area contributed by atoms with E-state index in [-0.39, 0.29) is 12.3 Å². The van der Waals surface area contributed by atoms with Crippen LogP contribution in [0.4, 0.5) is 8.78 Å². The summed E-state index contributed by atoms with van der Waals surface area (Å²) in [6.07, 6.45) is 2.16. The highest BCUT2D eigenvalue weighted by Crippen LogP contribution is 2.22. The number of carbonyl (C=O) groups excluding carboxylic acids is 1. The Bertz CT molecular complexity index is 866. The third kappa shape index (κ3) is 3.79. The van der Waals surface area contributed by atoms with Gasteiger partial charge < -0.3 is 9.73 Å². The second-order valence-corrected chi connectivity index (χ2v) is 5.81. The third-order valence-electron chi connectivity index (χ3n) is 3.82. The fraction of sp³-hybridized carbons (Fsp3) is 0.211. The van der Waals surface area contributed by atoms with E-state index in [2.05, 4.69) is 5.32 Å². The van der Waals surface area contributed by atoms with Gasteiger partial charge in [-0.2, -0.15) is 0 Å². The third-order valence-corrected chi connectivity index (χ3v) is 3.82. The number of benzene rings is 2. The average molecular weight is 329 g/mol. The number of carbonyl (C=O) groups is 1. The van der Waals surface area contributed by atoms with Gasteiger partial charge in [-0.15, -0.1) is 0 Å². The Kier molecular flexibility index (Phi) is 4.60. The molecule has 3 aromatic rings. The largest absolute Gasteiger partial charge is 0.464 e. The minimum absolute atomic E-state index is 0.157. The van der Waals surface area contributed by atoms with E-state index in [0.29, 0.717) is 18.5 Å². The zero-order chi connectivity index (χ0) is 17.1. The maximum absolute atomic E-state index is 13.1. The molecule has 0 atom stereocenters. The molecule has 1 heterocycles. The van der Waals surface area contributed by atoms with Gasteiger partial charge in [0.25, 0.3) is 0 Å². The van der Waals surface area contributed by atoms with Crippen LogP contribution < -0.4 is 5.32 Å². The lowest BCUT2D eigenvalue weighted by atomic mass is 10.1. The molecule has 0 bridgehead atoms. The Morgan fingerprint density at radius 3 is 2.62 bits per heavy atom. The summed E-state index contributed by atoms with van der Waals surface area (Å²) in [6.45, 7) is 2.29. The minimum Gasteiger partial charge on any atom is -0.464 e. The number of rotatable bonds is 5. The van der Waals surface area contributed by atoms with Crippen molar-refractivity contribution in [1.29, 1.82) is 0 Å². The van der Waals surface area contributed by atoms with E-state index in [9.17, 15) is 13.6 Å². The van der Waals surface area contributed by atoms with Crippen LogP contribution in [0.5, 0.6) is 0 Å². The van der Waals surface area contributed by atoms with Gasteiger partial charge in [0.15, 0.2) is 0 Å². The topological polar surface area (TPSA) is 42.2 Å². The Morgan fingerprint density at radius 1 is 1.12 bits per heavy atom. The van der Waals surface area contributed by atoms with Crippen LogP contribution in [0.2, 0.25) is 0 Å². The van der Waals surface area contributed by atoms with E-state index in [4.69, 9.17) is 4.42 Å². The van der Waals surface area contributed by atoms with Crippen LogP contribution in [-0.4, -0.2) is 12.5 Å². The van der Waals surface area contributed by atoms with Crippen molar-refractivity contribution < 1.29 is 18.0 Å². The number of furan rings is 1. The van der Waals surface area contributed by atoms with Crippen molar-refractivity contribution in [3.05, 3.63) is 71.0 Å². The van der Waals surface area contributed by atoms with E-state index >= 15 is 0 Å². The molecule has 0 aliphatic rings. The molecule has 0 aliphatic carbocycles. The van der Waals surface area contributed by atoms with Crippen molar-refractivity contribution in [3.8, 4) is 0 Å². The first-order valence-corrected chi connectivity index (χ1v) is 7.69. The molecular weight excluding hydrogens is 312 g/mol. The van der Waals surface area contributed by atoms with Crippen molar-refractivity contribution in [2.24, 2.45) is 0 Å². The fourth-order valence-electron chi connectivity index (χ4n) is 2.66. The first-order valence-electron chi connectivity index (χ1n) is 7.69. The van der Waals surface area contributed by atoms with Gasteiger partial charge in [-0.05, 0) is 42.7 Å². The maximum atomic E-state index is 13.1. The first kappa shape index (κ1) is 16.2. The summed E-state index contributed by atoms with van der Waals surface area (Å²) in [5.41, 5.74) is 3.18. The van der Waals surface area contributed by atoms with Crippen LogP contribution in [0.1, 0.15) is 16.7 Å². The molecule has 0 fully saturated rings. The molecule has 1 amide bonds. The Balaban J connectivity index is 1.57. The van der Waals surface area contributed by atoms with Crippen molar-refractivity contribution in [2.75, 3.05) is 6.54 Å². The number of fused-ring (bicyclic) bond motifs is 1. The van der Waals surface area contributed by atoms with Gasteiger partial charge >= 0.3 is 0 Å². The van der Waals surface area contributed by atoms with Crippen molar-refractivity contribution in [1.82, 2.24) is 5.32 Å². The molecule has 2 aromatic carbocycles. The van der Waals surface area contributed by atoms with Crippen molar-refractivity contribution in [3.63, 3.8) is 0 Å². The van der Waals surface area contributed by atoms with Gasteiger partial charge in [-0.25, -0.2) is 8.78 Å². The summed E-state index contributed by atoms with van der Waals surface area (Å²) in [7, 11) is 0. The molecule has 5 heteroatoms. The van der Waals surface area contributed by atoms with Crippen LogP contribution >= 0.6 is 0 Å². The lowest BCUT2D eigenvalue weighted by Crippen LogP contribution is -2.27. The van der Waals surface area contributed by atoms with E-state index < -0.39 is 11.6 Å². The van der Waals surface area contributed by atoms with Crippen LogP contribution in [0.15, 0.2) is 47.1 Å². The molecule has 1 N–H and O–H groups in total. The van der Waals surface area contributed by atoms with Crippen LogP contribution in [0.3, 0.4) is 0 Å². The quantitative estimate of drug-likeness (QED) is 0.771. The highest BCUT2D eigenvalue weighted by Gasteiger charge is 2.10. The summed E-state index contributed by atoms with van der Waals surface area (Å²) in [6, 6.07) is 9.19. The van der Waals surface area contributed by atoms with E-state index in [1.807, 2.05) is 25.1 Å². The lowest BCUT2D eigenvalue weighted by Gasteiger charge is -2.05. The van der Waals surface area contributed by atoms with Crippen LogP contribution in [0.25, 0.3) is 11.0 Å². The number of halogens is 2. The summed E-state index contributed by atoms with van der Waals surface area (Å²) < 4.78 is 31.7. The van der Waals surface area contributed by atoms with Gasteiger partial charge in [0, 0.05) is 23.6 Å². The molecule has 0 aliphatic heterocycles. The number of amides is 1. The van der Waals surface area contributed by atoms with Crippen LogP contribution in [0, 0.1) is 18.6 Å². The maximum Gasteiger partial charge on any atom is 0.224 e. The van der Waals surface area contributed by atoms with Crippen molar-refractivity contribution in [2.45, 2.75) is 19.8 Å². The van der Waals surface area contributed by atoms with Gasteiger partial charge in [0.2, 0.25) is 5.91 Å². The summed E-state index contributed by atoms with van der Waals surface area (Å²) >= 11 is 0. The Hall–Kier alpha value is -2.69. The molecule has 3 nitrogen and oxygen atoms in total. The zero-order valence-corrected chi connectivity index (χ0v) is 13.2. The highest BCUT2D eigenvalue weighted by molar-refractivity contribution is 5.87.